The number of piperidine rings is 1. The summed E-state index contributed by atoms with van der Waals surface area (Å²) in [7, 11) is -2.16. The number of hydrogen-bond acceptors (Lipinski definition) is 8. The van der Waals surface area contributed by atoms with Crippen LogP contribution < -0.4 is 14.4 Å². The number of aromatic nitrogens is 2. The van der Waals surface area contributed by atoms with Gasteiger partial charge in [-0.15, -0.1) is 0 Å². The van der Waals surface area contributed by atoms with E-state index in [0.29, 0.717) is 36.3 Å². The molecule has 2 atom stereocenters. The number of benzene rings is 1. The largest absolute Gasteiger partial charge is 0.461 e. The second-order valence-corrected chi connectivity index (χ2v) is 13.9. The van der Waals surface area contributed by atoms with Crippen LogP contribution in [0.5, 0.6) is 6.01 Å². The van der Waals surface area contributed by atoms with Crippen molar-refractivity contribution >= 4 is 46.0 Å². The third kappa shape index (κ3) is 7.18. The summed E-state index contributed by atoms with van der Waals surface area (Å²) in [5, 5.41) is -0.674. The van der Waals surface area contributed by atoms with Gasteiger partial charge in [-0.2, -0.15) is 9.97 Å². The molecule has 2 aliphatic rings. The van der Waals surface area contributed by atoms with E-state index in [0.717, 1.165) is 25.9 Å². The summed E-state index contributed by atoms with van der Waals surface area (Å²) < 4.78 is 65.7. The predicted molar refractivity (Wildman–Crippen MR) is 179 cm³/mol. The Kier molecular flexibility index (Phi) is 10.9. The number of aliphatic imine (C=N–C) groups is 1. The maximum absolute atomic E-state index is 16.8. The van der Waals surface area contributed by atoms with Gasteiger partial charge in [-0.05, 0) is 78.9 Å². The zero-order valence-electron chi connectivity index (χ0n) is 26.9. The van der Waals surface area contributed by atoms with Crippen molar-refractivity contribution < 1.29 is 21.9 Å². The molecule has 3 heterocycles. The molecule has 1 aromatic heterocycles. The number of halogens is 2. The first-order valence-corrected chi connectivity index (χ1v) is 16.9. The Bertz CT molecular complexity index is 1610. The quantitative estimate of drug-likeness (QED) is 0.283. The van der Waals surface area contributed by atoms with Gasteiger partial charge in [-0.3, -0.25) is 9.89 Å². The summed E-state index contributed by atoms with van der Waals surface area (Å²) in [5.74, 6) is -1.21. The molecule has 0 saturated carbocycles. The fourth-order valence-electron chi connectivity index (χ4n) is 6.40. The maximum atomic E-state index is 16.8. The van der Waals surface area contributed by atoms with E-state index < -0.39 is 26.9 Å². The lowest BCUT2D eigenvalue weighted by molar-refractivity contribution is 0.0905. The smallest absolute Gasteiger partial charge is 0.319 e. The number of nitrogens with zero attached hydrogens (tertiary/aromatic N) is 5. The van der Waals surface area contributed by atoms with Crippen molar-refractivity contribution in [1.82, 2.24) is 19.6 Å². The minimum absolute atomic E-state index is 0.0373. The van der Waals surface area contributed by atoms with Gasteiger partial charge in [0, 0.05) is 29.8 Å². The number of likely N-dealkylation sites (tertiary alicyclic amines) is 1. The summed E-state index contributed by atoms with van der Waals surface area (Å²) in [4.78, 5) is 17.4. The van der Waals surface area contributed by atoms with E-state index in [9.17, 15) is 12.8 Å². The molecule has 45 heavy (non-hydrogen) atoms. The topological polar surface area (TPSA) is 100 Å². The first kappa shape index (κ1) is 34.4. The molecule has 0 bridgehead atoms. The average Bonchev–Trinajstić information content (AvgIpc) is 3.41. The Morgan fingerprint density at radius 1 is 1.27 bits per heavy atom. The van der Waals surface area contributed by atoms with Gasteiger partial charge in [0.1, 0.15) is 29.6 Å². The molecule has 0 radical (unpaired) electrons. The van der Waals surface area contributed by atoms with E-state index in [1.807, 2.05) is 4.90 Å². The number of rotatable bonds is 12. The highest BCUT2D eigenvalue weighted by Gasteiger charge is 2.37. The van der Waals surface area contributed by atoms with Crippen molar-refractivity contribution in [3.63, 3.8) is 0 Å². The molecule has 0 spiro atoms. The van der Waals surface area contributed by atoms with Crippen molar-refractivity contribution in [3.05, 3.63) is 58.8 Å². The molecule has 1 N–H and O–H groups in total. The predicted octanol–water partition coefficient (Wildman–Crippen LogP) is 6.03. The Morgan fingerprint density at radius 3 is 2.67 bits per heavy atom. The first-order valence-electron chi connectivity index (χ1n) is 15.3. The van der Waals surface area contributed by atoms with E-state index in [1.54, 1.807) is 44.2 Å². The number of hydrogen-bond donors (Lipinski definition) is 1. The van der Waals surface area contributed by atoms with Crippen LogP contribution in [0.1, 0.15) is 74.4 Å². The number of sulfonamides is 1. The minimum Gasteiger partial charge on any atom is -0.461 e. The van der Waals surface area contributed by atoms with Crippen LogP contribution in [0.25, 0.3) is 23.4 Å². The molecule has 2 unspecified atom stereocenters. The summed E-state index contributed by atoms with van der Waals surface area (Å²) in [6.45, 7) is 17.6. The molecular weight excluding hydrogens is 598 g/mol. The molecule has 4 rings (SSSR count). The van der Waals surface area contributed by atoms with Crippen LogP contribution in [-0.2, 0) is 10.0 Å². The molecular formula is C33H44F2N6O3S. The van der Waals surface area contributed by atoms with Gasteiger partial charge in [-0.25, -0.2) is 21.9 Å². The fourth-order valence-corrected chi connectivity index (χ4v) is 7.58. The van der Waals surface area contributed by atoms with Crippen molar-refractivity contribution in [2.75, 3.05) is 44.7 Å². The molecule has 2 fully saturated rings. The highest BCUT2D eigenvalue weighted by molar-refractivity contribution is 7.90. The second-order valence-electron chi connectivity index (χ2n) is 11.7. The molecule has 2 saturated heterocycles. The minimum atomic E-state index is -3.55. The van der Waals surface area contributed by atoms with E-state index in [1.165, 1.54) is 7.05 Å². The number of nitrogens with one attached hydrogen (secondary N) is 1. The lowest BCUT2D eigenvalue weighted by atomic mass is 9.96. The van der Waals surface area contributed by atoms with E-state index in [2.05, 4.69) is 46.7 Å². The molecule has 244 valence electrons. The Balaban J connectivity index is 1.88. The van der Waals surface area contributed by atoms with Crippen LogP contribution in [0.3, 0.4) is 0 Å². The monoisotopic (exact) mass is 642 g/mol. The normalized spacial score (nSPS) is 21.7. The van der Waals surface area contributed by atoms with Crippen LogP contribution in [0, 0.1) is 6.92 Å². The van der Waals surface area contributed by atoms with Crippen molar-refractivity contribution in [2.24, 2.45) is 4.99 Å². The molecule has 2 aromatic rings. The van der Waals surface area contributed by atoms with Crippen LogP contribution in [0.4, 0.5) is 14.6 Å². The SMILES string of the molecule is C=N/C(=C(/F)c1nc(OCC2(C)CCCN2CC)nc(N2CCCC(S(=O)(=O)NC)C2)c1C)c1cccc(/C=C\C)c1C(=C)F. The van der Waals surface area contributed by atoms with Crippen LogP contribution in [0.15, 0.2) is 35.8 Å². The molecule has 1 aromatic carbocycles. The van der Waals surface area contributed by atoms with E-state index >= 15 is 4.39 Å². The second kappa shape index (κ2) is 14.3. The highest BCUT2D eigenvalue weighted by atomic mass is 32.2. The van der Waals surface area contributed by atoms with Crippen LogP contribution in [0.2, 0.25) is 0 Å². The number of allylic oxidation sites excluding steroid dienone is 1. The van der Waals surface area contributed by atoms with Gasteiger partial charge in [0.25, 0.3) is 0 Å². The molecule has 0 aliphatic carbocycles. The van der Waals surface area contributed by atoms with Crippen LogP contribution >= 0.6 is 0 Å². The molecule has 9 nitrogen and oxygen atoms in total. The Labute approximate surface area is 265 Å². The summed E-state index contributed by atoms with van der Waals surface area (Å²) in [6, 6.07) is 4.91. The van der Waals surface area contributed by atoms with Crippen molar-refractivity contribution in [2.45, 2.75) is 64.2 Å². The highest BCUT2D eigenvalue weighted by Crippen LogP contribution is 2.38. The van der Waals surface area contributed by atoms with E-state index in [4.69, 9.17) is 9.72 Å². The Hall–Kier alpha value is -3.48. The van der Waals surface area contributed by atoms with Gasteiger partial charge in [0.05, 0.1) is 10.8 Å². The van der Waals surface area contributed by atoms with Gasteiger partial charge < -0.3 is 9.64 Å². The fraction of sp³-hybridized carbons (Fsp3) is 0.485. The lowest BCUT2D eigenvalue weighted by Crippen LogP contribution is -2.46. The average molecular weight is 643 g/mol. The van der Waals surface area contributed by atoms with Crippen LogP contribution in [-0.4, -0.2) is 80.6 Å². The zero-order chi connectivity index (χ0) is 32.9. The maximum Gasteiger partial charge on any atom is 0.319 e. The van der Waals surface area contributed by atoms with E-state index in [-0.39, 0.29) is 47.2 Å². The van der Waals surface area contributed by atoms with Crippen molar-refractivity contribution in [1.29, 1.82) is 0 Å². The van der Waals surface area contributed by atoms with Gasteiger partial charge >= 0.3 is 6.01 Å². The first-order chi connectivity index (χ1) is 21.4. The third-order valence-electron chi connectivity index (χ3n) is 8.84. The molecule has 12 heteroatoms. The van der Waals surface area contributed by atoms with Gasteiger partial charge in [0.15, 0.2) is 5.83 Å². The lowest BCUT2D eigenvalue weighted by Gasteiger charge is -2.35. The summed E-state index contributed by atoms with van der Waals surface area (Å²) in [6.07, 6.45) is 6.51. The van der Waals surface area contributed by atoms with Crippen molar-refractivity contribution in [3.8, 4) is 6.01 Å². The van der Waals surface area contributed by atoms with Gasteiger partial charge in [-0.1, -0.05) is 43.9 Å². The summed E-state index contributed by atoms with van der Waals surface area (Å²) >= 11 is 0. The molecule has 2 aliphatic heterocycles. The standard InChI is InChI=1S/C33H44F2N6O3S/c1-8-13-24-14-10-16-26(27(24)23(4)34)30(36-6)28(35)29-22(3)31(40-18-11-15-25(20-40)45(42,43)37-7)39-32(38-29)44-21-33(5)17-12-19-41(33)9-2/h8,10,13-14,16,25,37H,4,6,9,11-12,15,17-21H2,1-3,5,7H3/b13-8-,30-28+. The van der Waals surface area contributed by atoms with Gasteiger partial charge in [0.2, 0.25) is 10.0 Å². The number of likely N-dealkylation sites (N-methyl/N-ethyl adjacent to an activating group) is 1. The summed E-state index contributed by atoms with van der Waals surface area (Å²) in [5.41, 5.74) is 0.609. The number of anilines is 1. The Morgan fingerprint density at radius 2 is 2.02 bits per heavy atom. The number of ether oxygens (including phenoxy) is 1. The molecule has 0 amide bonds. The third-order valence-corrected chi connectivity index (χ3v) is 10.7. The zero-order valence-corrected chi connectivity index (χ0v) is 27.7.